The molecule has 0 aliphatic heterocycles. The van der Waals surface area contributed by atoms with Crippen LogP contribution < -0.4 is 0 Å². The van der Waals surface area contributed by atoms with Gasteiger partial charge in [-0.25, -0.2) is 0 Å². The number of hydrogen-bond donors (Lipinski definition) is 0. The number of Topliss-reactive ketones (excluding diaryl/α,β-unsaturated/α-hetero) is 1. The van der Waals surface area contributed by atoms with E-state index in [4.69, 9.17) is 4.43 Å². The third-order valence-electron chi connectivity index (χ3n) is 8.89. The van der Waals surface area contributed by atoms with Crippen molar-refractivity contribution in [3.8, 4) is 0 Å². The number of allylic oxidation sites excluding steroid dienone is 4. The van der Waals surface area contributed by atoms with Crippen LogP contribution in [0.5, 0.6) is 0 Å². The monoisotopic (exact) mass is 428 g/mol. The van der Waals surface area contributed by atoms with Crippen molar-refractivity contribution < 1.29 is 9.22 Å². The van der Waals surface area contributed by atoms with Gasteiger partial charge >= 0.3 is 0 Å². The van der Waals surface area contributed by atoms with Crippen LogP contribution in [0.4, 0.5) is 0 Å². The van der Waals surface area contributed by atoms with E-state index in [1.165, 1.54) is 36.8 Å². The zero-order valence-corrected chi connectivity index (χ0v) is 21.6. The molecule has 0 radical (unpaired) electrons. The molecule has 0 aromatic rings. The molecule has 0 aromatic carbocycles. The number of rotatable bonds is 4. The van der Waals surface area contributed by atoms with E-state index in [1.807, 2.05) is 0 Å². The molecule has 3 saturated carbocycles. The van der Waals surface area contributed by atoms with Gasteiger partial charge in [-0.05, 0) is 93.3 Å². The topological polar surface area (TPSA) is 26.3 Å². The van der Waals surface area contributed by atoms with Crippen LogP contribution in [0.2, 0.25) is 18.1 Å². The summed E-state index contributed by atoms with van der Waals surface area (Å²) in [7, 11) is -1.75. The Bertz CT molecular complexity index is 751. The lowest BCUT2D eigenvalue weighted by molar-refractivity contribution is -0.124. The van der Waals surface area contributed by atoms with E-state index >= 15 is 0 Å². The van der Waals surface area contributed by atoms with E-state index in [9.17, 15) is 4.79 Å². The predicted octanol–water partition coefficient (Wildman–Crippen LogP) is 7.78. The summed E-state index contributed by atoms with van der Waals surface area (Å²) < 4.78 is 6.74. The van der Waals surface area contributed by atoms with Crippen LogP contribution in [-0.2, 0) is 9.22 Å². The third-order valence-corrected chi connectivity index (χ3v) is 13.4. The first-order valence-electron chi connectivity index (χ1n) is 12.1. The Kier molecular flexibility index (Phi) is 6.75. The molecule has 0 amide bonds. The van der Waals surface area contributed by atoms with E-state index in [-0.39, 0.29) is 16.4 Å². The Balaban J connectivity index is 1.76. The Hall–Kier alpha value is -0.933. The molecule has 3 aliphatic carbocycles. The number of carbonyl (C=O) groups is 1. The van der Waals surface area contributed by atoms with E-state index in [1.54, 1.807) is 12.5 Å². The largest absolute Gasteiger partial charge is 0.414 e. The lowest BCUT2D eigenvalue weighted by atomic mass is 9.63. The van der Waals surface area contributed by atoms with Gasteiger partial charge in [0, 0.05) is 12.0 Å². The maximum Gasteiger partial charge on any atom is 0.192 e. The first-order valence-corrected chi connectivity index (χ1v) is 15.0. The average Bonchev–Trinajstić information content (AvgIpc) is 2.98. The summed E-state index contributed by atoms with van der Waals surface area (Å²) >= 11 is 0. The Morgan fingerprint density at radius 3 is 2.50 bits per heavy atom. The van der Waals surface area contributed by atoms with Gasteiger partial charge in [-0.15, -0.1) is 0 Å². The quantitative estimate of drug-likeness (QED) is 0.427. The first-order chi connectivity index (χ1) is 13.8. The molecular formula is C27H44O2Si. The van der Waals surface area contributed by atoms with E-state index in [2.05, 4.69) is 59.5 Å². The second-order valence-corrected chi connectivity index (χ2v) is 16.7. The van der Waals surface area contributed by atoms with Crippen LogP contribution in [0.25, 0.3) is 0 Å². The minimum Gasteiger partial charge on any atom is -0.414 e. The standard InChI is InChI=1S/C27H44O2Si/c1-19-11-14-23(29-30(7,8)26(3,4)5)18-22(19)13-12-21-10-9-17-27(6)24(20(2)28)15-16-25(21)27/h12-13,23-25H,1,9-11,14-18H2,2-8H3/b21-12+,22-13+/t23-,24+,25?,27+/m0/s1. The highest BCUT2D eigenvalue weighted by atomic mass is 28.4. The van der Waals surface area contributed by atoms with Crippen molar-refractivity contribution in [3.05, 3.63) is 35.5 Å². The fourth-order valence-electron chi connectivity index (χ4n) is 5.98. The Morgan fingerprint density at radius 1 is 1.17 bits per heavy atom. The molecule has 2 nitrogen and oxygen atoms in total. The van der Waals surface area contributed by atoms with Crippen LogP contribution in [-0.4, -0.2) is 20.2 Å². The van der Waals surface area contributed by atoms with Gasteiger partial charge in [0.1, 0.15) is 5.78 Å². The third kappa shape index (κ3) is 4.62. The maximum atomic E-state index is 12.2. The van der Waals surface area contributed by atoms with Crippen molar-refractivity contribution in [1.29, 1.82) is 0 Å². The van der Waals surface area contributed by atoms with Crippen LogP contribution >= 0.6 is 0 Å². The summed E-state index contributed by atoms with van der Waals surface area (Å²) in [5.41, 5.74) is 4.41. The first kappa shape index (κ1) is 23.7. The van der Waals surface area contributed by atoms with E-state index in [0.717, 1.165) is 25.7 Å². The number of ketones is 1. The van der Waals surface area contributed by atoms with Gasteiger partial charge in [0.25, 0.3) is 0 Å². The van der Waals surface area contributed by atoms with Crippen LogP contribution in [0.1, 0.15) is 86.0 Å². The number of hydrogen-bond acceptors (Lipinski definition) is 2. The zero-order chi connectivity index (χ0) is 22.3. The maximum absolute atomic E-state index is 12.2. The van der Waals surface area contributed by atoms with Crippen molar-refractivity contribution >= 4 is 14.1 Å². The molecule has 0 heterocycles. The zero-order valence-electron chi connectivity index (χ0n) is 20.6. The lowest BCUT2D eigenvalue weighted by Gasteiger charge is -2.41. The average molecular weight is 429 g/mol. The van der Waals surface area contributed by atoms with Gasteiger partial charge in [0.2, 0.25) is 0 Å². The van der Waals surface area contributed by atoms with Crippen molar-refractivity contribution in [3.63, 3.8) is 0 Å². The molecule has 3 heteroatoms. The SMILES string of the molecule is C=C1CC[C@H](O[Si](C)(C)C(C)(C)C)C/C1=C\C=C1/CCC[C@@]2(C)C1CC[C@@H]2C(C)=O. The Labute approximate surface area is 186 Å². The van der Waals surface area contributed by atoms with Crippen LogP contribution in [0.15, 0.2) is 35.5 Å². The van der Waals surface area contributed by atoms with Crippen LogP contribution in [0, 0.1) is 17.3 Å². The van der Waals surface area contributed by atoms with Crippen molar-refractivity contribution in [2.75, 3.05) is 0 Å². The normalized spacial score (nSPS) is 35.7. The molecule has 30 heavy (non-hydrogen) atoms. The van der Waals surface area contributed by atoms with E-state index < -0.39 is 8.32 Å². The fourth-order valence-corrected chi connectivity index (χ4v) is 7.37. The molecule has 0 spiro atoms. The summed E-state index contributed by atoms with van der Waals surface area (Å²) in [6, 6.07) is 0. The number of carbonyl (C=O) groups excluding carboxylic acids is 1. The predicted molar refractivity (Wildman–Crippen MR) is 130 cm³/mol. The minimum atomic E-state index is -1.75. The van der Waals surface area contributed by atoms with Gasteiger partial charge in [-0.2, -0.15) is 0 Å². The molecule has 3 fully saturated rings. The summed E-state index contributed by atoms with van der Waals surface area (Å²) in [5.74, 6) is 1.23. The molecule has 0 aromatic heterocycles. The van der Waals surface area contributed by atoms with Crippen LogP contribution in [0.3, 0.4) is 0 Å². The molecule has 4 atom stereocenters. The molecule has 168 valence electrons. The molecule has 1 unspecified atom stereocenters. The molecule has 3 aliphatic rings. The highest BCUT2D eigenvalue weighted by molar-refractivity contribution is 6.74. The molecule has 0 N–H and O–H groups in total. The Morgan fingerprint density at radius 2 is 1.87 bits per heavy atom. The van der Waals surface area contributed by atoms with Gasteiger partial charge in [0.05, 0.1) is 0 Å². The molecule has 0 saturated heterocycles. The van der Waals surface area contributed by atoms with Gasteiger partial charge in [0.15, 0.2) is 8.32 Å². The van der Waals surface area contributed by atoms with Gasteiger partial charge in [-0.1, -0.05) is 57.6 Å². The van der Waals surface area contributed by atoms with Crippen molar-refractivity contribution in [2.45, 2.75) is 110 Å². The highest BCUT2D eigenvalue weighted by Gasteiger charge is 2.50. The van der Waals surface area contributed by atoms with Gasteiger partial charge < -0.3 is 4.43 Å². The molecule has 0 bridgehead atoms. The summed E-state index contributed by atoms with van der Waals surface area (Å²) in [5, 5.41) is 0.246. The lowest BCUT2D eigenvalue weighted by Crippen LogP contribution is -2.44. The smallest absolute Gasteiger partial charge is 0.192 e. The second kappa shape index (κ2) is 8.54. The second-order valence-electron chi connectivity index (χ2n) is 11.9. The molecular weight excluding hydrogens is 384 g/mol. The summed E-state index contributed by atoms with van der Waals surface area (Å²) in [4.78, 5) is 12.2. The number of fused-ring (bicyclic) bond motifs is 1. The summed E-state index contributed by atoms with van der Waals surface area (Å²) in [6.45, 7) is 20.2. The highest BCUT2D eigenvalue weighted by Crippen LogP contribution is 2.57. The van der Waals surface area contributed by atoms with Gasteiger partial charge in [-0.3, -0.25) is 4.79 Å². The van der Waals surface area contributed by atoms with E-state index in [0.29, 0.717) is 17.8 Å². The summed E-state index contributed by atoms with van der Waals surface area (Å²) in [6.07, 6.45) is 14.1. The molecule has 3 rings (SSSR count). The minimum absolute atomic E-state index is 0.173. The van der Waals surface area contributed by atoms with Crippen molar-refractivity contribution in [2.24, 2.45) is 17.3 Å². The van der Waals surface area contributed by atoms with Crippen molar-refractivity contribution in [1.82, 2.24) is 0 Å². The fraction of sp³-hybridized carbons (Fsp3) is 0.741.